The van der Waals surface area contributed by atoms with Gasteiger partial charge in [-0.25, -0.2) is 4.98 Å². The Morgan fingerprint density at radius 3 is 2.23 bits per heavy atom. The highest BCUT2D eigenvalue weighted by Crippen LogP contribution is 2.24. The summed E-state index contributed by atoms with van der Waals surface area (Å²) in [7, 11) is 0. The molecule has 4 aromatic rings. The van der Waals surface area contributed by atoms with Crippen LogP contribution in [0.4, 0.5) is 11.5 Å². The van der Waals surface area contributed by atoms with Crippen molar-refractivity contribution in [1.29, 1.82) is 0 Å². The predicted molar refractivity (Wildman–Crippen MR) is 129 cm³/mol. The normalized spacial score (nSPS) is 10.8. The number of fused-ring (bicyclic) bond motifs is 1. The van der Waals surface area contributed by atoms with Gasteiger partial charge in [-0.15, -0.1) is 0 Å². The molecule has 0 atom stereocenters. The van der Waals surface area contributed by atoms with Crippen LogP contribution in [0.5, 0.6) is 0 Å². The van der Waals surface area contributed by atoms with E-state index >= 15 is 0 Å². The van der Waals surface area contributed by atoms with E-state index < -0.39 is 0 Å². The van der Waals surface area contributed by atoms with E-state index in [0.717, 1.165) is 29.4 Å². The summed E-state index contributed by atoms with van der Waals surface area (Å²) in [6.07, 6.45) is 1.72. The predicted octanol–water partition coefficient (Wildman–Crippen LogP) is 5.93. The summed E-state index contributed by atoms with van der Waals surface area (Å²) >= 11 is 0. The lowest BCUT2D eigenvalue weighted by molar-refractivity contribution is 0.0986. The number of carbonyl (C=O) groups excluding carboxylic acids is 1. The third-order valence-electron chi connectivity index (χ3n) is 5.60. The van der Waals surface area contributed by atoms with E-state index in [4.69, 9.17) is 0 Å². The van der Waals surface area contributed by atoms with Crippen LogP contribution < -0.4 is 9.80 Å². The van der Waals surface area contributed by atoms with Crippen LogP contribution >= 0.6 is 0 Å². The van der Waals surface area contributed by atoms with E-state index in [-0.39, 0.29) is 5.91 Å². The molecule has 0 saturated carbocycles. The molecule has 0 aliphatic rings. The first-order valence-corrected chi connectivity index (χ1v) is 10.8. The highest BCUT2D eigenvalue weighted by Gasteiger charge is 2.21. The number of carbonyl (C=O) groups is 1. The number of hydrogen-bond donors (Lipinski definition) is 0. The molecule has 0 saturated heterocycles. The van der Waals surface area contributed by atoms with Crippen LogP contribution in [0.1, 0.15) is 29.8 Å². The van der Waals surface area contributed by atoms with Crippen molar-refractivity contribution in [2.75, 3.05) is 22.9 Å². The van der Waals surface area contributed by atoms with E-state index in [0.29, 0.717) is 17.9 Å². The van der Waals surface area contributed by atoms with Crippen molar-refractivity contribution in [2.24, 2.45) is 0 Å². The number of benzene rings is 3. The Kier molecular flexibility index (Phi) is 6.27. The van der Waals surface area contributed by atoms with Crippen LogP contribution in [0, 0.1) is 0 Å². The fourth-order valence-corrected chi connectivity index (χ4v) is 3.91. The van der Waals surface area contributed by atoms with Gasteiger partial charge in [-0.05, 0) is 60.5 Å². The molecule has 1 heterocycles. The summed E-state index contributed by atoms with van der Waals surface area (Å²) in [6, 6.07) is 28.0. The maximum absolute atomic E-state index is 13.7. The van der Waals surface area contributed by atoms with Crippen molar-refractivity contribution in [3.63, 3.8) is 0 Å². The van der Waals surface area contributed by atoms with Crippen LogP contribution in [-0.2, 0) is 6.54 Å². The van der Waals surface area contributed by atoms with Gasteiger partial charge in [-0.1, -0.05) is 54.6 Å². The zero-order chi connectivity index (χ0) is 21.6. The van der Waals surface area contributed by atoms with Crippen LogP contribution in [0.3, 0.4) is 0 Å². The Hall–Kier alpha value is -3.66. The quantitative estimate of drug-likeness (QED) is 0.380. The van der Waals surface area contributed by atoms with Gasteiger partial charge in [0, 0.05) is 30.5 Å². The molecule has 0 N–H and O–H groups in total. The van der Waals surface area contributed by atoms with Crippen molar-refractivity contribution in [3.8, 4) is 0 Å². The Morgan fingerprint density at radius 1 is 0.806 bits per heavy atom. The summed E-state index contributed by atoms with van der Waals surface area (Å²) in [5.41, 5.74) is 2.94. The minimum atomic E-state index is -0.0525. The fourth-order valence-electron chi connectivity index (χ4n) is 3.91. The van der Waals surface area contributed by atoms with Gasteiger partial charge in [0.1, 0.15) is 5.82 Å². The standard InChI is InChI=1S/C27H27N3O/c1-3-29(4-2)23-17-15-21(16-18-23)20-30(26-14-7-8-19-28-26)27(31)25-13-9-11-22-10-5-6-12-24(22)25/h5-19H,3-4,20H2,1-2H3. The summed E-state index contributed by atoms with van der Waals surface area (Å²) in [4.78, 5) is 22.2. The molecule has 0 bridgehead atoms. The average Bonchev–Trinajstić information content (AvgIpc) is 2.84. The molecular weight excluding hydrogens is 382 g/mol. The Balaban J connectivity index is 1.69. The first-order valence-electron chi connectivity index (χ1n) is 10.8. The van der Waals surface area contributed by atoms with Gasteiger partial charge in [0.2, 0.25) is 0 Å². The van der Waals surface area contributed by atoms with Gasteiger partial charge < -0.3 is 4.90 Å². The molecule has 31 heavy (non-hydrogen) atoms. The molecule has 0 spiro atoms. The zero-order valence-corrected chi connectivity index (χ0v) is 18.0. The van der Waals surface area contributed by atoms with Crippen molar-refractivity contribution in [1.82, 2.24) is 4.98 Å². The lowest BCUT2D eigenvalue weighted by Crippen LogP contribution is -2.31. The van der Waals surface area contributed by atoms with Gasteiger partial charge in [0.15, 0.2) is 0 Å². The molecule has 0 aliphatic heterocycles. The molecule has 156 valence electrons. The number of amides is 1. The number of anilines is 2. The van der Waals surface area contributed by atoms with Gasteiger partial charge >= 0.3 is 0 Å². The van der Waals surface area contributed by atoms with Gasteiger partial charge in [-0.3, -0.25) is 9.69 Å². The van der Waals surface area contributed by atoms with Crippen molar-refractivity contribution < 1.29 is 4.79 Å². The minimum Gasteiger partial charge on any atom is -0.372 e. The average molecular weight is 410 g/mol. The molecule has 1 amide bonds. The van der Waals surface area contributed by atoms with Crippen LogP contribution in [0.15, 0.2) is 91.1 Å². The Labute approximate surface area is 183 Å². The van der Waals surface area contributed by atoms with E-state index in [1.807, 2.05) is 60.7 Å². The summed E-state index contributed by atoms with van der Waals surface area (Å²) in [6.45, 7) is 6.70. The topological polar surface area (TPSA) is 36.4 Å². The third-order valence-corrected chi connectivity index (χ3v) is 5.60. The molecule has 0 radical (unpaired) electrons. The smallest absolute Gasteiger partial charge is 0.260 e. The summed E-state index contributed by atoms with van der Waals surface area (Å²) < 4.78 is 0. The lowest BCUT2D eigenvalue weighted by atomic mass is 10.0. The highest BCUT2D eigenvalue weighted by molar-refractivity contribution is 6.13. The maximum atomic E-state index is 13.7. The fraction of sp³-hybridized carbons (Fsp3) is 0.185. The molecule has 3 aromatic carbocycles. The summed E-state index contributed by atoms with van der Waals surface area (Å²) in [5, 5.41) is 2.01. The van der Waals surface area contributed by atoms with Crippen LogP contribution in [-0.4, -0.2) is 24.0 Å². The van der Waals surface area contributed by atoms with Gasteiger partial charge in [0.05, 0.1) is 6.54 Å². The monoisotopic (exact) mass is 409 g/mol. The Bertz CT molecular complexity index is 1150. The molecular formula is C27H27N3O. The molecule has 1 aromatic heterocycles. The molecule has 0 fully saturated rings. The van der Waals surface area contributed by atoms with Gasteiger partial charge in [-0.2, -0.15) is 0 Å². The second-order valence-corrected chi connectivity index (χ2v) is 7.44. The van der Waals surface area contributed by atoms with E-state index in [2.05, 4.69) is 48.0 Å². The maximum Gasteiger partial charge on any atom is 0.260 e. The van der Waals surface area contributed by atoms with Crippen molar-refractivity contribution >= 4 is 28.2 Å². The van der Waals surface area contributed by atoms with Crippen LogP contribution in [0.2, 0.25) is 0 Å². The van der Waals surface area contributed by atoms with E-state index in [1.54, 1.807) is 11.1 Å². The first kappa shape index (κ1) is 20.6. The number of hydrogen-bond acceptors (Lipinski definition) is 3. The second kappa shape index (κ2) is 9.43. The SMILES string of the molecule is CCN(CC)c1ccc(CN(C(=O)c2cccc3ccccc23)c2ccccn2)cc1. The molecule has 0 aliphatic carbocycles. The highest BCUT2D eigenvalue weighted by atomic mass is 16.2. The summed E-state index contributed by atoms with van der Waals surface area (Å²) in [5.74, 6) is 0.594. The second-order valence-electron chi connectivity index (χ2n) is 7.44. The molecule has 0 unspecified atom stereocenters. The van der Waals surface area contributed by atoms with Crippen LogP contribution in [0.25, 0.3) is 10.8 Å². The minimum absolute atomic E-state index is 0.0525. The lowest BCUT2D eigenvalue weighted by Gasteiger charge is -2.24. The Morgan fingerprint density at radius 2 is 1.52 bits per heavy atom. The van der Waals surface area contributed by atoms with E-state index in [9.17, 15) is 4.79 Å². The molecule has 4 rings (SSSR count). The van der Waals surface area contributed by atoms with Crippen molar-refractivity contribution in [2.45, 2.75) is 20.4 Å². The van der Waals surface area contributed by atoms with Gasteiger partial charge in [0.25, 0.3) is 5.91 Å². The van der Waals surface area contributed by atoms with E-state index in [1.165, 1.54) is 5.69 Å². The number of pyridine rings is 1. The molecule has 4 nitrogen and oxygen atoms in total. The van der Waals surface area contributed by atoms with Crippen molar-refractivity contribution in [3.05, 3.63) is 102 Å². The number of nitrogens with zero attached hydrogens (tertiary/aromatic N) is 3. The number of aromatic nitrogens is 1. The number of rotatable bonds is 7. The zero-order valence-electron chi connectivity index (χ0n) is 18.0. The molecule has 4 heteroatoms. The largest absolute Gasteiger partial charge is 0.372 e. The third kappa shape index (κ3) is 4.43. The first-order chi connectivity index (χ1) is 15.2.